The summed E-state index contributed by atoms with van der Waals surface area (Å²) in [6.07, 6.45) is 11.3. The van der Waals surface area contributed by atoms with Crippen LogP contribution in [0.1, 0.15) is 72.1 Å². The summed E-state index contributed by atoms with van der Waals surface area (Å²) < 4.78 is 0. The van der Waals surface area contributed by atoms with Crippen LogP contribution in [0.2, 0.25) is 0 Å². The van der Waals surface area contributed by atoms with E-state index in [-0.39, 0.29) is 0 Å². The summed E-state index contributed by atoms with van der Waals surface area (Å²) >= 11 is 0. The summed E-state index contributed by atoms with van der Waals surface area (Å²) in [5, 5.41) is 3.88. The molecule has 0 aromatic carbocycles. The zero-order valence-electron chi connectivity index (χ0n) is 14.0. The number of piperazine rings is 1. The minimum Gasteiger partial charge on any atom is -0.311 e. The molecule has 3 atom stereocenters. The van der Waals surface area contributed by atoms with Crippen LogP contribution in [0.25, 0.3) is 0 Å². The Labute approximate surface area is 126 Å². The SMILES string of the molecule is CCCC(C)CN1CC(C2CCCCC2)NCC1CC. The van der Waals surface area contributed by atoms with E-state index in [2.05, 4.69) is 31.0 Å². The van der Waals surface area contributed by atoms with Gasteiger partial charge in [-0.2, -0.15) is 0 Å². The Morgan fingerprint density at radius 3 is 2.55 bits per heavy atom. The summed E-state index contributed by atoms with van der Waals surface area (Å²) in [6, 6.07) is 1.54. The van der Waals surface area contributed by atoms with Gasteiger partial charge in [-0.15, -0.1) is 0 Å². The van der Waals surface area contributed by atoms with Crippen LogP contribution in [-0.2, 0) is 0 Å². The molecule has 0 aromatic rings. The van der Waals surface area contributed by atoms with Crippen molar-refractivity contribution >= 4 is 0 Å². The van der Waals surface area contributed by atoms with Gasteiger partial charge in [0.1, 0.15) is 0 Å². The Balaban J connectivity index is 1.88. The van der Waals surface area contributed by atoms with Crippen molar-refractivity contribution in [1.82, 2.24) is 10.2 Å². The number of nitrogens with one attached hydrogen (secondary N) is 1. The van der Waals surface area contributed by atoms with Crippen molar-refractivity contribution in [2.45, 2.75) is 84.2 Å². The molecule has 20 heavy (non-hydrogen) atoms. The lowest BCUT2D eigenvalue weighted by molar-refractivity contribution is 0.0799. The fourth-order valence-electron chi connectivity index (χ4n) is 4.35. The first-order valence-electron chi connectivity index (χ1n) is 9.22. The van der Waals surface area contributed by atoms with Gasteiger partial charge in [0.15, 0.2) is 0 Å². The minimum atomic E-state index is 0.770. The zero-order chi connectivity index (χ0) is 14.4. The highest BCUT2D eigenvalue weighted by Gasteiger charge is 2.32. The number of nitrogens with zero attached hydrogens (tertiary/aromatic N) is 1. The van der Waals surface area contributed by atoms with Crippen LogP contribution in [0.5, 0.6) is 0 Å². The zero-order valence-corrected chi connectivity index (χ0v) is 14.0. The molecule has 1 aliphatic carbocycles. The standard InChI is InChI=1S/C18H36N2/c1-4-9-15(3)13-20-14-18(19-12-17(20)5-2)16-10-7-6-8-11-16/h15-19H,4-14H2,1-3H3. The molecule has 0 bridgehead atoms. The monoisotopic (exact) mass is 280 g/mol. The molecule has 1 heterocycles. The van der Waals surface area contributed by atoms with Crippen LogP contribution in [0, 0.1) is 11.8 Å². The second-order valence-corrected chi connectivity index (χ2v) is 7.32. The van der Waals surface area contributed by atoms with E-state index in [0.29, 0.717) is 0 Å². The van der Waals surface area contributed by atoms with E-state index in [4.69, 9.17) is 0 Å². The quantitative estimate of drug-likeness (QED) is 0.789. The predicted octanol–water partition coefficient (Wildman–Crippen LogP) is 4.06. The van der Waals surface area contributed by atoms with E-state index < -0.39 is 0 Å². The molecular formula is C18H36N2. The van der Waals surface area contributed by atoms with Crippen LogP contribution in [0.3, 0.4) is 0 Å². The molecule has 0 radical (unpaired) electrons. The average molecular weight is 280 g/mol. The maximum atomic E-state index is 3.88. The Morgan fingerprint density at radius 2 is 1.90 bits per heavy atom. The average Bonchev–Trinajstić information content (AvgIpc) is 2.48. The number of hydrogen-bond donors (Lipinski definition) is 1. The molecule has 118 valence electrons. The van der Waals surface area contributed by atoms with E-state index in [1.54, 1.807) is 0 Å². The molecule has 2 heteroatoms. The Kier molecular flexibility index (Phi) is 6.83. The maximum Gasteiger partial charge on any atom is 0.0224 e. The van der Waals surface area contributed by atoms with Crippen LogP contribution >= 0.6 is 0 Å². The first-order valence-corrected chi connectivity index (χ1v) is 9.22. The van der Waals surface area contributed by atoms with E-state index >= 15 is 0 Å². The van der Waals surface area contributed by atoms with Crippen molar-refractivity contribution < 1.29 is 0 Å². The Hall–Kier alpha value is -0.0800. The molecular weight excluding hydrogens is 244 g/mol. The molecule has 2 fully saturated rings. The molecule has 1 saturated carbocycles. The molecule has 2 aliphatic rings. The lowest BCUT2D eigenvalue weighted by atomic mass is 9.82. The summed E-state index contributed by atoms with van der Waals surface area (Å²) in [7, 11) is 0. The third kappa shape index (κ3) is 4.46. The molecule has 3 unspecified atom stereocenters. The van der Waals surface area contributed by atoms with Crippen LogP contribution in [0.15, 0.2) is 0 Å². The van der Waals surface area contributed by atoms with Gasteiger partial charge in [-0.05, 0) is 37.5 Å². The first kappa shape index (κ1) is 16.3. The molecule has 1 N–H and O–H groups in total. The van der Waals surface area contributed by atoms with Gasteiger partial charge in [-0.3, -0.25) is 4.90 Å². The highest BCUT2D eigenvalue weighted by molar-refractivity contribution is 4.90. The van der Waals surface area contributed by atoms with E-state index in [1.165, 1.54) is 71.0 Å². The van der Waals surface area contributed by atoms with E-state index in [9.17, 15) is 0 Å². The molecule has 1 aliphatic heterocycles. The van der Waals surface area contributed by atoms with Crippen molar-refractivity contribution in [2.24, 2.45) is 11.8 Å². The Morgan fingerprint density at radius 1 is 1.15 bits per heavy atom. The minimum absolute atomic E-state index is 0.770. The van der Waals surface area contributed by atoms with Crippen LogP contribution in [0.4, 0.5) is 0 Å². The number of rotatable bonds is 6. The maximum absolute atomic E-state index is 3.88. The van der Waals surface area contributed by atoms with Crippen molar-refractivity contribution in [3.63, 3.8) is 0 Å². The second kappa shape index (κ2) is 8.38. The van der Waals surface area contributed by atoms with E-state index in [0.717, 1.165) is 23.9 Å². The van der Waals surface area contributed by atoms with Crippen molar-refractivity contribution in [1.29, 1.82) is 0 Å². The normalized spacial score (nSPS) is 31.4. The van der Waals surface area contributed by atoms with Gasteiger partial charge in [0, 0.05) is 31.7 Å². The largest absolute Gasteiger partial charge is 0.311 e. The summed E-state index contributed by atoms with van der Waals surface area (Å²) in [5.74, 6) is 1.81. The third-order valence-corrected chi connectivity index (χ3v) is 5.58. The lowest BCUT2D eigenvalue weighted by Gasteiger charge is -2.44. The molecule has 0 spiro atoms. The number of hydrogen-bond acceptors (Lipinski definition) is 2. The predicted molar refractivity (Wildman–Crippen MR) is 88.1 cm³/mol. The summed E-state index contributed by atoms with van der Waals surface area (Å²) in [6.45, 7) is 10.9. The third-order valence-electron chi connectivity index (χ3n) is 5.58. The first-order chi connectivity index (χ1) is 9.74. The highest BCUT2D eigenvalue weighted by Crippen LogP contribution is 2.29. The van der Waals surface area contributed by atoms with Crippen molar-refractivity contribution in [3.05, 3.63) is 0 Å². The molecule has 2 nitrogen and oxygen atoms in total. The lowest BCUT2D eigenvalue weighted by Crippen LogP contribution is -2.59. The van der Waals surface area contributed by atoms with Gasteiger partial charge in [0.25, 0.3) is 0 Å². The second-order valence-electron chi connectivity index (χ2n) is 7.32. The summed E-state index contributed by atoms with van der Waals surface area (Å²) in [5.41, 5.74) is 0. The van der Waals surface area contributed by atoms with Gasteiger partial charge >= 0.3 is 0 Å². The van der Waals surface area contributed by atoms with Gasteiger partial charge in [0.05, 0.1) is 0 Å². The van der Waals surface area contributed by atoms with Gasteiger partial charge in [-0.25, -0.2) is 0 Å². The van der Waals surface area contributed by atoms with Crippen molar-refractivity contribution in [2.75, 3.05) is 19.6 Å². The van der Waals surface area contributed by atoms with Crippen LogP contribution in [-0.4, -0.2) is 36.6 Å². The molecule has 0 amide bonds. The topological polar surface area (TPSA) is 15.3 Å². The summed E-state index contributed by atoms with van der Waals surface area (Å²) in [4.78, 5) is 2.82. The highest BCUT2D eigenvalue weighted by atomic mass is 15.2. The molecule has 1 saturated heterocycles. The Bertz CT molecular complexity index is 260. The van der Waals surface area contributed by atoms with Crippen molar-refractivity contribution in [3.8, 4) is 0 Å². The van der Waals surface area contributed by atoms with Gasteiger partial charge < -0.3 is 5.32 Å². The fourth-order valence-corrected chi connectivity index (χ4v) is 4.35. The molecule has 2 rings (SSSR count). The van der Waals surface area contributed by atoms with Gasteiger partial charge in [0.2, 0.25) is 0 Å². The van der Waals surface area contributed by atoms with Gasteiger partial charge in [-0.1, -0.05) is 46.5 Å². The van der Waals surface area contributed by atoms with E-state index in [1.807, 2.05) is 0 Å². The smallest absolute Gasteiger partial charge is 0.0224 e. The van der Waals surface area contributed by atoms with Crippen LogP contribution < -0.4 is 5.32 Å². The fraction of sp³-hybridized carbons (Fsp3) is 1.00. The molecule has 0 aromatic heterocycles.